The third kappa shape index (κ3) is 1.64. The van der Waals surface area contributed by atoms with Gasteiger partial charge in [-0.25, -0.2) is 9.97 Å². The third-order valence-electron chi connectivity index (χ3n) is 3.30. The van der Waals surface area contributed by atoms with Crippen molar-refractivity contribution in [3.8, 4) is 0 Å². The van der Waals surface area contributed by atoms with Crippen molar-refractivity contribution >= 4 is 0 Å². The minimum absolute atomic E-state index is 0.0325. The van der Waals surface area contributed by atoms with Gasteiger partial charge in [0, 0.05) is 18.0 Å². The van der Waals surface area contributed by atoms with E-state index in [1.807, 2.05) is 0 Å². The van der Waals surface area contributed by atoms with E-state index >= 15 is 0 Å². The van der Waals surface area contributed by atoms with Gasteiger partial charge in [-0.05, 0) is 18.3 Å². The summed E-state index contributed by atoms with van der Waals surface area (Å²) >= 11 is 0. The zero-order chi connectivity index (χ0) is 10.0. The van der Waals surface area contributed by atoms with Crippen LogP contribution in [0.1, 0.15) is 44.3 Å². The van der Waals surface area contributed by atoms with Crippen LogP contribution in [0.5, 0.6) is 0 Å². The standard InChI is InChI=1S/C11H16N2O/c1-11(4-2-3-5-11)10(14)9-6-12-8-13-7-9/h6-8,10,14H,2-5H2,1H3. The maximum absolute atomic E-state index is 10.2. The van der Waals surface area contributed by atoms with E-state index in [4.69, 9.17) is 0 Å². The van der Waals surface area contributed by atoms with E-state index < -0.39 is 6.10 Å². The molecule has 76 valence electrons. The van der Waals surface area contributed by atoms with Gasteiger partial charge in [-0.2, -0.15) is 0 Å². The van der Waals surface area contributed by atoms with Gasteiger partial charge in [0.1, 0.15) is 6.33 Å². The first kappa shape index (κ1) is 9.59. The van der Waals surface area contributed by atoms with Crippen molar-refractivity contribution in [3.05, 3.63) is 24.3 Å². The van der Waals surface area contributed by atoms with Crippen molar-refractivity contribution in [3.63, 3.8) is 0 Å². The number of hydrogen-bond donors (Lipinski definition) is 1. The van der Waals surface area contributed by atoms with Crippen LogP contribution in [0.15, 0.2) is 18.7 Å². The topological polar surface area (TPSA) is 46.0 Å². The van der Waals surface area contributed by atoms with E-state index in [1.165, 1.54) is 19.2 Å². The summed E-state index contributed by atoms with van der Waals surface area (Å²) in [6.07, 6.45) is 9.15. The summed E-state index contributed by atoms with van der Waals surface area (Å²) in [6, 6.07) is 0. The number of aromatic nitrogens is 2. The molecule has 1 aliphatic rings. The van der Waals surface area contributed by atoms with Gasteiger partial charge in [-0.1, -0.05) is 19.8 Å². The van der Waals surface area contributed by atoms with Crippen molar-refractivity contribution < 1.29 is 5.11 Å². The summed E-state index contributed by atoms with van der Waals surface area (Å²) in [6.45, 7) is 2.15. The molecule has 0 saturated heterocycles. The van der Waals surface area contributed by atoms with Crippen molar-refractivity contribution in [1.82, 2.24) is 9.97 Å². The van der Waals surface area contributed by atoms with Crippen LogP contribution in [-0.2, 0) is 0 Å². The average Bonchev–Trinajstić information content (AvgIpc) is 2.67. The molecular formula is C11H16N2O. The van der Waals surface area contributed by atoms with Gasteiger partial charge in [0.05, 0.1) is 6.10 Å². The van der Waals surface area contributed by atoms with Crippen LogP contribution in [0.4, 0.5) is 0 Å². The summed E-state index contributed by atoms with van der Waals surface area (Å²) in [4.78, 5) is 7.87. The lowest BCUT2D eigenvalue weighted by molar-refractivity contribution is 0.0402. The molecule has 0 radical (unpaired) electrons. The molecule has 0 spiro atoms. The van der Waals surface area contributed by atoms with Crippen molar-refractivity contribution in [2.24, 2.45) is 5.41 Å². The lowest BCUT2D eigenvalue weighted by Crippen LogP contribution is -2.22. The highest BCUT2D eigenvalue weighted by atomic mass is 16.3. The number of aliphatic hydroxyl groups is 1. The fourth-order valence-corrected chi connectivity index (χ4v) is 2.31. The fourth-order valence-electron chi connectivity index (χ4n) is 2.31. The smallest absolute Gasteiger partial charge is 0.115 e. The molecule has 0 aliphatic heterocycles. The molecule has 1 N–H and O–H groups in total. The van der Waals surface area contributed by atoms with Crippen molar-refractivity contribution in [2.75, 3.05) is 0 Å². The van der Waals surface area contributed by atoms with Crippen molar-refractivity contribution in [1.29, 1.82) is 0 Å². The molecule has 3 nitrogen and oxygen atoms in total. The molecule has 3 heteroatoms. The van der Waals surface area contributed by atoms with Crippen LogP contribution in [0.3, 0.4) is 0 Å². The van der Waals surface area contributed by atoms with E-state index in [2.05, 4.69) is 16.9 Å². The Labute approximate surface area is 84.2 Å². The lowest BCUT2D eigenvalue weighted by atomic mass is 9.80. The first-order valence-electron chi connectivity index (χ1n) is 5.15. The van der Waals surface area contributed by atoms with Gasteiger partial charge in [0.25, 0.3) is 0 Å². The summed E-state index contributed by atoms with van der Waals surface area (Å²) in [7, 11) is 0. The molecule has 1 heterocycles. The Kier molecular flexibility index (Phi) is 2.50. The van der Waals surface area contributed by atoms with Crippen LogP contribution >= 0.6 is 0 Å². The highest BCUT2D eigenvalue weighted by Crippen LogP contribution is 2.46. The summed E-state index contributed by atoms with van der Waals surface area (Å²) < 4.78 is 0. The Morgan fingerprint density at radius 3 is 2.43 bits per heavy atom. The van der Waals surface area contributed by atoms with Crippen LogP contribution in [-0.4, -0.2) is 15.1 Å². The van der Waals surface area contributed by atoms with Gasteiger partial charge in [-0.15, -0.1) is 0 Å². The van der Waals surface area contributed by atoms with Crippen LogP contribution < -0.4 is 0 Å². The minimum atomic E-state index is -0.411. The maximum Gasteiger partial charge on any atom is 0.115 e. The van der Waals surface area contributed by atoms with Crippen LogP contribution in [0, 0.1) is 5.41 Å². The van der Waals surface area contributed by atoms with Gasteiger partial charge >= 0.3 is 0 Å². The fraction of sp³-hybridized carbons (Fsp3) is 0.636. The Balaban J connectivity index is 2.19. The monoisotopic (exact) mass is 192 g/mol. The Morgan fingerprint density at radius 1 is 1.29 bits per heavy atom. The Morgan fingerprint density at radius 2 is 1.86 bits per heavy atom. The number of nitrogens with zero attached hydrogens (tertiary/aromatic N) is 2. The summed E-state index contributed by atoms with van der Waals surface area (Å²) in [5, 5.41) is 10.2. The zero-order valence-corrected chi connectivity index (χ0v) is 8.48. The van der Waals surface area contributed by atoms with Crippen LogP contribution in [0.25, 0.3) is 0 Å². The van der Waals surface area contributed by atoms with E-state index in [1.54, 1.807) is 12.4 Å². The second-order valence-corrected chi connectivity index (χ2v) is 4.44. The molecule has 14 heavy (non-hydrogen) atoms. The summed E-state index contributed by atoms with van der Waals surface area (Å²) in [5.74, 6) is 0. The molecule has 1 aromatic rings. The molecule has 0 aromatic carbocycles. The van der Waals surface area contributed by atoms with E-state index in [9.17, 15) is 5.11 Å². The SMILES string of the molecule is CC1(C(O)c2cncnc2)CCCC1. The van der Waals surface area contributed by atoms with Gasteiger partial charge < -0.3 is 5.11 Å². The second kappa shape index (κ2) is 3.65. The van der Waals surface area contributed by atoms with E-state index in [0.29, 0.717) is 0 Å². The highest BCUT2D eigenvalue weighted by molar-refractivity contribution is 5.11. The normalized spacial score (nSPS) is 22.1. The molecule has 1 aromatic heterocycles. The Bertz CT molecular complexity index is 293. The molecule has 0 bridgehead atoms. The molecule has 2 rings (SSSR count). The predicted octanol–water partition coefficient (Wildman–Crippen LogP) is 2.09. The van der Waals surface area contributed by atoms with Crippen LogP contribution in [0.2, 0.25) is 0 Å². The number of aliphatic hydroxyl groups excluding tert-OH is 1. The maximum atomic E-state index is 10.2. The van der Waals surface area contributed by atoms with Crippen molar-refractivity contribution in [2.45, 2.75) is 38.7 Å². The largest absolute Gasteiger partial charge is 0.388 e. The number of rotatable bonds is 2. The highest BCUT2D eigenvalue weighted by Gasteiger charge is 2.36. The molecule has 1 unspecified atom stereocenters. The average molecular weight is 192 g/mol. The quantitative estimate of drug-likeness (QED) is 0.780. The molecule has 1 fully saturated rings. The Hall–Kier alpha value is -0.960. The molecule has 1 atom stereocenters. The van der Waals surface area contributed by atoms with E-state index in [-0.39, 0.29) is 5.41 Å². The second-order valence-electron chi connectivity index (χ2n) is 4.44. The molecule has 1 aliphatic carbocycles. The molecular weight excluding hydrogens is 176 g/mol. The first-order valence-corrected chi connectivity index (χ1v) is 5.15. The summed E-state index contributed by atoms with van der Waals surface area (Å²) in [5.41, 5.74) is 0.877. The zero-order valence-electron chi connectivity index (χ0n) is 8.48. The molecule has 0 amide bonds. The minimum Gasteiger partial charge on any atom is -0.388 e. The lowest BCUT2D eigenvalue weighted by Gasteiger charge is -2.29. The molecule has 1 saturated carbocycles. The third-order valence-corrected chi connectivity index (χ3v) is 3.30. The first-order chi connectivity index (χ1) is 6.72. The number of hydrogen-bond acceptors (Lipinski definition) is 3. The van der Waals surface area contributed by atoms with Gasteiger partial charge in [0.2, 0.25) is 0 Å². The van der Waals surface area contributed by atoms with Gasteiger partial charge in [0.15, 0.2) is 0 Å². The predicted molar refractivity (Wildman–Crippen MR) is 53.6 cm³/mol. The van der Waals surface area contributed by atoms with Gasteiger partial charge in [-0.3, -0.25) is 0 Å². The van der Waals surface area contributed by atoms with E-state index in [0.717, 1.165) is 18.4 Å².